The van der Waals surface area contributed by atoms with Gasteiger partial charge in [-0.2, -0.15) is 0 Å². The topological polar surface area (TPSA) is 96.4 Å². The van der Waals surface area contributed by atoms with Gasteiger partial charge in [0, 0.05) is 6.21 Å². The number of furan rings is 1. The molecule has 2 heterocycles. The van der Waals surface area contributed by atoms with Crippen molar-refractivity contribution >= 4 is 24.1 Å². The predicted octanol–water partition coefficient (Wildman–Crippen LogP) is -1.31. The summed E-state index contributed by atoms with van der Waals surface area (Å²) in [6.45, 7) is 1.27. The molecule has 0 bridgehead atoms. The molecule has 1 aliphatic rings. The second-order valence-electron chi connectivity index (χ2n) is 5.29. The number of nitrogens with zero attached hydrogens (tertiary/aromatic N) is 2. The van der Waals surface area contributed by atoms with E-state index in [1.807, 2.05) is 14.1 Å². The number of nitrogens with one attached hydrogen (secondary N) is 2. The molecule has 0 aromatic carbocycles. The summed E-state index contributed by atoms with van der Waals surface area (Å²) in [6.07, 6.45) is 2.76. The quantitative estimate of drug-likeness (QED) is 0.504. The van der Waals surface area contributed by atoms with Gasteiger partial charge in [0.1, 0.15) is 5.76 Å². The number of rotatable bonds is 6. The lowest BCUT2D eigenvalue weighted by Gasteiger charge is -2.27. The number of carbonyl (C=O) groups excluding carboxylic acids is 3. The Morgan fingerprint density at radius 1 is 1.41 bits per heavy atom. The van der Waals surface area contributed by atoms with Crippen LogP contribution in [0.15, 0.2) is 27.8 Å². The molecule has 118 valence electrons. The molecular weight excluding hydrogens is 288 g/mol. The Bertz CT molecular complexity index is 580. The average Bonchev–Trinajstić information content (AvgIpc) is 2.95. The third-order valence-corrected chi connectivity index (χ3v) is 3.18. The fourth-order valence-electron chi connectivity index (χ4n) is 1.94. The molecule has 1 unspecified atom stereocenters. The van der Waals surface area contributed by atoms with Gasteiger partial charge in [0.2, 0.25) is 11.8 Å². The minimum Gasteiger partial charge on any atom is -0.467 e. The zero-order chi connectivity index (χ0) is 16.1. The number of hydrogen-bond acceptors (Lipinski definition) is 5. The molecule has 0 radical (unpaired) electrons. The highest BCUT2D eigenvalue weighted by atomic mass is 16.3. The van der Waals surface area contributed by atoms with E-state index in [4.69, 9.17) is 4.42 Å². The maximum atomic E-state index is 12.3. The Hall–Kier alpha value is -2.48. The summed E-state index contributed by atoms with van der Waals surface area (Å²) < 4.78 is 5.12. The SMILES string of the molecule is C[NH+](C)CCN=CC1C(=O)NC(=O)N(Cc2ccco2)C1=O. The van der Waals surface area contributed by atoms with Crippen LogP contribution in [-0.4, -0.2) is 56.1 Å². The van der Waals surface area contributed by atoms with Crippen molar-refractivity contribution < 1.29 is 23.7 Å². The first-order valence-corrected chi connectivity index (χ1v) is 6.96. The molecule has 2 rings (SSSR count). The van der Waals surface area contributed by atoms with Gasteiger partial charge in [0.25, 0.3) is 0 Å². The number of likely N-dealkylation sites (N-methyl/N-ethyl adjacent to an activating group) is 1. The lowest BCUT2D eigenvalue weighted by Crippen LogP contribution is -3.06. The first kappa shape index (κ1) is 15.9. The number of urea groups is 1. The van der Waals surface area contributed by atoms with E-state index in [1.165, 1.54) is 17.4 Å². The largest absolute Gasteiger partial charge is 0.467 e. The van der Waals surface area contributed by atoms with Crippen molar-refractivity contribution in [2.24, 2.45) is 10.9 Å². The minimum atomic E-state index is -1.08. The van der Waals surface area contributed by atoms with E-state index in [-0.39, 0.29) is 6.54 Å². The summed E-state index contributed by atoms with van der Waals surface area (Å²) in [5, 5.41) is 2.16. The molecular formula is C14H19N4O4+. The molecule has 0 saturated carbocycles. The van der Waals surface area contributed by atoms with E-state index in [0.29, 0.717) is 12.3 Å². The fourth-order valence-corrected chi connectivity index (χ4v) is 1.94. The van der Waals surface area contributed by atoms with Crippen molar-refractivity contribution in [2.45, 2.75) is 6.54 Å². The number of barbiturate groups is 1. The zero-order valence-electron chi connectivity index (χ0n) is 12.5. The summed E-state index contributed by atoms with van der Waals surface area (Å²) in [5.41, 5.74) is 0. The van der Waals surface area contributed by atoms with Gasteiger partial charge >= 0.3 is 6.03 Å². The van der Waals surface area contributed by atoms with Gasteiger partial charge in [0.15, 0.2) is 5.92 Å². The summed E-state index contributed by atoms with van der Waals surface area (Å²) in [6, 6.07) is 2.57. The Labute approximate surface area is 127 Å². The van der Waals surface area contributed by atoms with E-state index in [2.05, 4.69) is 10.3 Å². The summed E-state index contributed by atoms with van der Waals surface area (Å²) >= 11 is 0. The van der Waals surface area contributed by atoms with Crippen LogP contribution in [0.4, 0.5) is 4.79 Å². The molecule has 22 heavy (non-hydrogen) atoms. The number of carbonyl (C=O) groups is 3. The van der Waals surface area contributed by atoms with Gasteiger partial charge in [-0.1, -0.05) is 0 Å². The Morgan fingerprint density at radius 3 is 2.82 bits per heavy atom. The van der Waals surface area contributed by atoms with Crippen LogP contribution in [0.5, 0.6) is 0 Å². The Kier molecular flexibility index (Phi) is 5.05. The highest BCUT2D eigenvalue weighted by molar-refractivity contribution is 6.23. The standard InChI is InChI=1S/C14H18N4O4/c1-17(2)6-5-15-8-11-12(19)16-14(21)18(13(11)20)9-10-4-3-7-22-10/h3-4,7-8,11H,5-6,9H2,1-2H3,(H,16,19,21)/p+1. The molecule has 2 N–H and O–H groups in total. The summed E-state index contributed by atoms with van der Waals surface area (Å²) in [5.74, 6) is -1.85. The van der Waals surface area contributed by atoms with Crippen LogP contribution in [0.3, 0.4) is 0 Å². The molecule has 1 aromatic heterocycles. The Balaban J connectivity index is 2.05. The second kappa shape index (κ2) is 6.99. The zero-order valence-corrected chi connectivity index (χ0v) is 12.5. The molecule has 8 nitrogen and oxygen atoms in total. The number of hydrogen-bond donors (Lipinski definition) is 2. The van der Waals surface area contributed by atoms with Crippen molar-refractivity contribution in [2.75, 3.05) is 27.2 Å². The van der Waals surface area contributed by atoms with E-state index >= 15 is 0 Å². The average molecular weight is 307 g/mol. The van der Waals surface area contributed by atoms with Crippen molar-refractivity contribution in [3.63, 3.8) is 0 Å². The highest BCUT2D eigenvalue weighted by Gasteiger charge is 2.39. The fraction of sp³-hybridized carbons (Fsp3) is 0.429. The van der Waals surface area contributed by atoms with Gasteiger partial charge < -0.3 is 9.32 Å². The van der Waals surface area contributed by atoms with Crippen molar-refractivity contribution in [3.8, 4) is 0 Å². The van der Waals surface area contributed by atoms with E-state index in [9.17, 15) is 14.4 Å². The molecule has 1 atom stereocenters. The van der Waals surface area contributed by atoms with Crippen molar-refractivity contribution in [1.82, 2.24) is 10.2 Å². The van der Waals surface area contributed by atoms with Crippen LogP contribution in [-0.2, 0) is 16.1 Å². The van der Waals surface area contributed by atoms with Gasteiger partial charge in [-0.15, -0.1) is 0 Å². The lowest BCUT2D eigenvalue weighted by atomic mass is 10.1. The molecule has 0 aliphatic carbocycles. The predicted molar refractivity (Wildman–Crippen MR) is 77.3 cm³/mol. The lowest BCUT2D eigenvalue weighted by molar-refractivity contribution is -0.856. The minimum absolute atomic E-state index is 0.0167. The smallest absolute Gasteiger partial charge is 0.331 e. The number of amides is 4. The third-order valence-electron chi connectivity index (χ3n) is 3.18. The van der Waals surface area contributed by atoms with Crippen LogP contribution in [0, 0.1) is 5.92 Å². The monoisotopic (exact) mass is 307 g/mol. The number of quaternary nitrogens is 1. The van der Waals surface area contributed by atoms with Gasteiger partial charge in [-0.25, -0.2) is 4.79 Å². The molecule has 1 fully saturated rings. The molecule has 1 aliphatic heterocycles. The second-order valence-corrected chi connectivity index (χ2v) is 5.29. The first-order chi connectivity index (χ1) is 10.5. The van der Waals surface area contributed by atoms with Crippen molar-refractivity contribution in [3.05, 3.63) is 24.2 Å². The van der Waals surface area contributed by atoms with Gasteiger partial charge in [0.05, 0.1) is 40.0 Å². The maximum absolute atomic E-state index is 12.3. The van der Waals surface area contributed by atoms with Crippen LogP contribution < -0.4 is 10.2 Å². The highest BCUT2D eigenvalue weighted by Crippen LogP contribution is 2.13. The first-order valence-electron chi connectivity index (χ1n) is 6.96. The van der Waals surface area contributed by atoms with Crippen LogP contribution >= 0.6 is 0 Å². The van der Waals surface area contributed by atoms with Crippen LogP contribution in [0.1, 0.15) is 5.76 Å². The number of aliphatic imine (C=N–C) groups is 1. The molecule has 1 aromatic rings. The van der Waals surface area contributed by atoms with E-state index < -0.39 is 23.8 Å². The van der Waals surface area contributed by atoms with Crippen LogP contribution in [0.2, 0.25) is 0 Å². The van der Waals surface area contributed by atoms with Gasteiger partial charge in [-0.3, -0.25) is 24.8 Å². The summed E-state index contributed by atoms with van der Waals surface area (Å²) in [4.78, 5) is 42.2. The Morgan fingerprint density at radius 2 is 2.18 bits per heavy atom. The molecule has 0 spiro atoms. The molecule has 1 saturated heterocycles. The molecule has 4 amide bonds. The number of imide groups is 2. The maximum Gasteiger partial charge on any atom is 0.331 e. The van der Waals surface area contributed by atoms with Crippen LogP contribution in [0.25, 0.3) is 0 Å². The normalized spacial score (nSPS) is 19.3. The van der Waals surface area contributed by atoms with E-state index in [1.54, 1.807) is 12.1 Å². The summed E-state index contributed by atoms with van der Waals surface area (Å²) in [7, 11) is 3.97. The third kappa shape index (κ3) is 3.79. The van der Waals surface area contributed by atoms with Gasteiger partial charge in [-0.05, 0) is 12.1 Å². The molecule has 8 heteroatoms. The van der Waals surface area contributed by atoms with E-state index in [0.717, 1.165) is 11.4 Å². The van der Waals surface area contributed by atoms with Crippen molar-refractivity contribution in [1.29, 1.82) is 0 Å².